The number of rotatable bonds is 8. The van der Waals surface area contributed by atoms with Gasteiger partial charge in [-0.1, -0.05) is 23.7 Å². The third-order valence-electron chi connectivity index (χ3n) is 2.83. The van der Waals surface area contributed by atoms with Crippen LogP contribution in [0.15, 0.2) is 18.2 Å². The second kappa shape index (κ2) is 8.48. The highest BCUT2D eigenvalue weighted by Gasteiger charge is 2.10. The Kier molecular flexibility index (Phi) is 7.28. The van der Waals surface area contributed by atoms with Crippen molar-refractivity contribution in [3.8, 4) is 0 Å². The molecule has 4 heteroatoms. The molecule has 0 saturated heterocycles. The molecule has 1 atom stereocenters. The molecule has 1 aromatic rings. The lowest BCUT2D eigenvalue weighted by molar-refractivity contribution is 0.0598. The zero-order chi connectivity index (χ0) is 13.4. The molecule has 0 fully saturated rings. The van der Waals surface area contributed by atoms with E-state index in [1.807, 2.05) is 20.0 Å². The Morgan fingerprint density at radius 3 is 2.72 bits per heavy atom. The van der Waals surface area contributed by atoms with Crippen molar-refractivity contribution in [2.75, 3.05) is 34.0 Å². The number of nitrogens with one attached hydrogen (secondary N) is 1. The van der Waals surface area contributed by atoms with E-state index in [1.165, 1.54) is 5.56 Å². The van der Waals surface area contributed by atoms with Gasteiger partial charge < -0.3 is 14.8 Å². The highest BCUT2D eigenvalue weighted by Crippen LogP contribution is 2.19. The van der Waals surface area contributed by atoms with Crippen LogP contribution in [-0.2, 0) is 15.9 Å². The van der Waals surface area contributed by atoms with E-state index in [2.05, 4.69) is 17.4 Å². The second-order valence-electron chi connectivity index (χ2n) is 4.35. The largest absolute Gasteiger partial charge is 0.382 e. The lowest BCUT2D eigenvalue weighted by Gasteiger charge is -2.17. The van der Waals surface area contributed by atoms with Crippen molar-refractivity contribution in [2.24, 2.45) is 0 Å². The van der Waals surface area contributed by atoms with E-state index in [1.54, 1.807) is 7.11 Å². The Morgan fingerprint density at radius 2 is 2.11 bits per heavy atom. The topological polar surface area (TPSA) is 30.5 Å². The molecule has 0 amide bonds. The molecule has 0 radical (unpaired) electrons. The Labute approximate surface area is 114 Å². The van der Waals surface area contributed by atoms with Crippen molar-refractivity contribution in [3.63, 3.8) is 0 Å². The molecule has 0 bridgehead atoms. The van der Waals surface area contributed by atoms with Crippen molar-refractivity contribution >= 4 is 11.6 Å². The van der Waals surface area contributed by atoms with Crippen LogP contribution in [0.25, 0.3) is 0 Å². The van der Waals surface area contributed by atoms with Crippen LogP contribution in [0.4, 0.5) is 0 Å². The number of likely N-dealkylation sites (N-methyl/N-ethyl adjacent to an activating group) is 1. The summed E-state index contributed by atoms with van der Waals surface area (Å²) >= 11 is 6.23. The van der Waals surface area contributed by atoms with Crippen molar-refractivity contribution in [3.05, 3.63) is 34.3 Å². The van der Waals surface area contributed by atoms with E-state index in [9.17, 15) is 0 Å². The summed E-state index contributed by atoms with van der Waals surface area (Å²) in [7, 11) is 3.61. The molecule has 0 aromatic heterocycles. The van der Waals surface area contributed by atoms with Gasteiger partial charge in [-0.05, 0) is 37.6 Å². The lowest BCUT2D eigenvalue weighted by atomic mass is 10.0. The minimum Gasteiger partial charge on any atom is -0.382 e. The predicted molar refractivity (Wildman–Crippen MR) is 75.4 cm³/mol. The van der Waals surface area contributed by atoms with Gasteiger partial charge in [-0.25, -0.2) is 0 Å². The average Bonchev–Trinajstić information content (AvgIpc) is 2.35. The van der Waals surface area contributed by atoms with Gasteiger partial charge in [0.05, 0.1) is 19.8 Å². The highest BCUT2D eigenvalue weighted by atomic mass is 35.5. The quantitative estimate of drug-likeness (QED) is 0.737. The highest BCUT2D eigenvalue weighted by molar-refractivity contribution is 6.31. The summed E-state index contributed by atoms with van der Waals surface area (Å²) in [5, 5.41) is 4.07. The number of hydrogen-bond acceptors (Lipinski definition) is 3. The van der Waals surface area contributed by atoms with Crippen LogP contribution in [0.3, 0.4) is 0 Å². The normalized spacial score (nSPS) is 12.7. The number of hydrogen-bond donors (Lipinski definition) is 1. The first-order chi connectivity index (χ1) is 8.67. The number of benzene rings is 1. The smallest absolute Gasteiger partial charge is 0.0701 e. The molecule has 0 saturated carbocycles. The third-order valence-corrected chi connectivity index (χ3v) is 3.19. The Bertz CT molecular complexity index is 358. The van der Waals surface area contributed by atoms with Gasteiger partial charge in [0.25, 0.3) is 0 Å². The maximum Gasteiger partial charge on any atom is 0.0701 e. The van der Waals surface area contributed by atoms with Crippen LogP contribution in [0, 0.1) is 6.92 Å². The zero-order valence-corrected chi connectivity index (χ0v) is 12.1. The van der Waals surface area contributed by atoms with Crippen molar-refractivity contribution in [2.45, 2.75) is 19.4 Å². The Balaban J connectivity index is 2.46. The Hall–Kier alpha value is -0.610. The fourth-order valence-corrected chi connectivity index (χ4v) is 2.01. The molecule has 3 nitrogen and oxygen atoms in total. The minimum atomic E-state index is 0.266. The van der Waals surface area contributed by atoms with Gasteiger partial charge in [0.1, 0.15) is 0 Å². The van der Waals surface area contributed by atoms with Crippen LogP contribution in [0.1, 0.15) is 11.1 Å². The molecule has 0 aliphatic rings. The molecule has 0 aliphatic carbocycles. The minimum absolute atomic E-state index is 0.266. The predicted octanol–water partition coefficient (Wildman–Crippen LogP) is 2.44. The Morgan fingerprint density at radius 1 is 1.33 bits per heavy atom. The first-order valence-electron chi connectivity index (χ1n) is 6.16. The van der Waals surface area contributed by atoms with E-state index in [0.717, 1.165) is 17.0 Å². The summed E-state index contributed by atoms with van der Waals surface area (Å²) in [6, 6.07) is 6.42. The maximum absolute atomic E-state index is 6.23. The molecule has 1 aromatic carbocycles. The summed E-state index contributed by atoms with van der Waals surface area (Å²) in [6.07, 6.45) is 0.864. The molecule has 0 heterocycles. The first kappa shape index (κ1) is 15.4. The number of aryl methyl sites for hydroxylation is 1. The van der Waals surface area contributed by atoms with Crippen LogP contribution in [0.2, 0.25) is 5.02 Å². The third kappa shape index (κ3) is 5.36. The molecule has 1 rings (SSSR count). The van der Waals surface area contributed by atoms with Crippen LogP contribution in [0.5, 0.6) is 0 Å². The van der Waals surface area contributed by atoms with Crippen LogP contribution >= 0.6 is 11.6 Å². The molecular formula is C14H22ClNO2. The maximum atomic E-state index is 6.23. The van der Waals surface area contributed by atoms with E-state index in [0.29, 0.717) is 19.8 Å². The van der Waals surface area contributed by atoms with Gasteiger partial charge in [0.15, 0.2) is 0 Å². The second-order valence-corrected chi connectivity index (χ2v) is 4.76. The molecule has 1 N–H and O–H groups in total. The van der Waals surface area contributed by atoms with Gasteiger partial charge in [0, 0.05) is 18.2 Å². The van der Waals surface area contributed by atoms with Gasteiger partial charge in [0.2, 0.25) is 0 Å². The van der Waals surface area contributed by atoms with Gasteiger partial charge in [-0.15, -0.1) is 0 Å². The number of methoxy groups -OCH3 is 1. The van der Waals surface area contributed by atoms with Gasteiger partial charge in [-0.2, -0.15) is 0 Å². The van der Waals surface area contributed by atoms with Crippen molar-refractivity contribution < 1.29 is 9.47 Å². The SMILES string of the molecule is CNC(COCCOC)Cc1ccc(C)cc1Cl. The fraction of sp³-hybridized carbons (Fsp3) is 0.571. The molecule has 0 spiro atoms. The van der Waals surface area contributed by atoms with E-state index in [4.69, 9.17) is 21.1 Å². The average molecular weight is 272 g/mol. The lowest BCUT2D eigenvalue weighted by Crippen LogP contribution is -2.33. The van der Waals surface area contributed by atoms with E-state index in [-0.39, 0.29) is 6.04 Å². The summed E-state index contributed by atoms with van der Waals surface area (Å²) in [4.78, 5) is 0. The summed E-state index contributed by atoms with van der Waals surface area (Å²) in [5.41, 5.74) is 2.33. The molecule has 0 aliphatic heterocycles. The van der Waals surface area contributed by atoms with Gasteiger partial charge in [-0.3, -0.25) is 0 Å². The van der Waals surface area contributed by atoms with Crippen molar-refractivity contribution in [1.82, 2.24) is 5.32 Å². The fourth-order valence-electron chi connectivity index (χ4n) is 1.70. The summed E-state index contributed by atoms with van der Waals surface area (Å²) in [6.45, 7) is 3.95. The van der Waals surface area contributed by atoms with E-state index < -0.39 is 0 Å². The monoisotopic (exact) mass is 271 g/mol. The molecule has 102 valence electrons. The standard InChI is InChI=1S/C14H22ClNO2/c1-11-4-5-12(14(15)8-11)9-13(16-2)10-18-7-6-17-3/h4-5,8,13,16H,6-7,9-10H2,1-3H3. The van der Waals surface area contributed by atoms with Gasteiger partial charge >= 0.3 is 0 Å². The van der Waals surface area contributed by atoms with Crippen molar-refractivity contribution in [1.29, 1.82) is 0 Å². The van der Waals surface area contributed by atoms with E-state index >= 15 is 0 Å². The zero-order valence-electron chi connectivity index (χ0n) is 11.3. The summed E-state index contributed by atoms with van der Waals surface area (Å²) < 4.78 is 10.5. The molecule has 18 heavy (non-hydrogen) atoms. The summed E-state index contributed by atoms with van der Waals surface area (Å²) in [5.74, 6) is 0. The first-order valence-corrected chi connectivity index (χ1v) is 6.54. The number of ether oxygens (including phenoxy) is 2. The van der Waals surface area contributed by atoms with Crippen LogP contribution < -0.4 is 5.32 Å². The number of halogens is 1. The molecular weight excluding hydrogens is 250 g/mol. The molecule has 1 unspecified atom stereocenters. The van der Waals surface area contributed by atoms with Crippen LogP contribution in [-0.4, -0.2) is 40.0 Å².